The van der Waals surface area contributed by atoms with Crippen LogP contribution >= 0.6 is 27.3 Å². The number of hydrogen-bond donors (Lipinski definition) is 2. The van der Waals surface area contributed by atoms with Crippen LogP contribution in [-0.2, 0) is 11.2 Å². The number of rotatable bonds is 6. The quantitative estimate of drug-likeness (QED) is 0.779. The zero-order chi connectivity index (χ0) is 17.0. The lowest BCUT2D eigenvalue weighted by atomic mass is 10.1. The zero-order valence-electron chi connectivity index (χ0n) is 12.8. The summed E-state index contributed by atoms with van der Waals surface area (Å²) in [6, 6.07) is 7.48. The summed E-state index contributed by atoms with van der Waals surface area (Å²) in [6.45, 7) is 3.46. The Labute approximate surface area is 146 Å². The van der Waals surface area contributed by atoms with Crippen molar-refractivity contribution in [1.29, 1.82) is 0 Å². The number of aryl methyl sites for hydroxylation is 2. The standard InChI is InChI=1S/C16H17BrN2O3S/c1-9-14(16(21)22)23-15(19-9)10(2)18-13(20)8-7-11-5-3-4-6-12(11)17/h3-6,10H,7-8H2,1-2H3,(H,18,20)(H,21,22). The molecule has 122 valence electrons. The molecule has 0 aliphatic rings. The van der Waals surface area contributed by atoms with Gasteiger partial charge in [0, 0.05) is 10.9 Å². The number of amides is 1. The predicted molar refractivity (Wildman–Crippen MR) is 92.8 cm³/mol. The maximum Gasteiger partial charge on any atom is 0.347 e. The van der Waals surface area contributed by atoms with E-state index in [9.17, 15) is 9.59 Å². The molecule has 0 saturated carbocycles. The molecule has 7 heteroatoms. The van der Waals surface area contributed by atoms with Crippen LogP contribution < -0.4 is 5.32 Å². The Balaban J connectivity index is 1.93. The summed E-state index contributed by atoms with van der Waals surface area (Å²) in [7, 11) is 0. The van der Waals surface area contributed by atoms with Gasteiger partial charge in [-0.05, 0) is 31.9 Å². The van der Waals surface area contributed by atoms with Crippen molar-refractivity contribution in [1.82, 2.24) is 10.3 Å². The monoisotopic (exact) mass is 396 g/mol. The van der Waals surface area contributed by atoms with Gasteiger partial charge < -0.3 is 10.4 Å². The first kappa shape index (κ1) is 17.6. The zero-order valence-corrected chi connectivity index (χ0v) is 15.2. The highest BCUT2D eigenvalue weighted by Crippen LogP contribution is 2.24. The van der Waals surface area contributed by atoms with Gasteiger partial charge in [-0.25, -0.2) is 9.78 Å². The van der Waals surface area contributed by atoms with Crippen LogP contribution in [0.25, 0.3) is 0 Å². The van der Waals surface area contributed by atoms with Crippen molar-refractivity contribution in [2.24, 2.45) is 0 Å². The van der Waals surface area contributed by atoms with Crippen molar-refractivity contribution in [3.63, 3.8) is 0 Å². The molecular formula is C16H17BrN2O3S. The van der Waals surface area contributed by atoms with Gasteiger partial charge in [-0.3, -0.25) is 4.79 Å². The molecule has 0 aliphatic carbocycles. The van der Waals surface area contributed by atoms with E-state index in [4.69, 9.17) is 5.11 Å². The third-order valence-electron chi connectivity index (χ3n) is 3.33. The average Bonchev–Trinajstić information content (AvgIpc) is 2.89. The summed E-state index contributed by atoms with van der Waals surface area (Å²) in [5.41, 5.74) is 1.56. The summed E-state index contributed by atoms with van der Waals surface area (Å²) in [5.74, 6) is -1.07. The second-order valence-corrected chi connectivity index (χ2v) is 7.04. The number of nitrogens with zero attached hydrogens (tertiary/aromatic N) is 1. The van der Waals surface area contributed by atoms with E-state index in [1.54, 1.807) is 13.8 Å². The molecule has 1 atom stereocenters. The molecule has 0 fully saturated rings. The van der Waals surface area contributed by atoms with Crippen LogP contribution in [0.5, 0.6) is 0 Å². The summed E-state index contributed by atoms with van der Waals surface area (Å²) >= 11 is 4.56. The van der Waals surface area contributed by atoms with Crippen molar-refractivity contribution in [3.8, 4) is 0 Å². The Kier molecular flexibility index (Phi) is 5.90. The van der Waals surface area contributed by atoms with Crippen molar-refractivity contribution in [2.45, 2.75) is 32.7 Å². The minimum atomic E-state index is -0.987. The van der Waals surface area contributed by atoms with Gasteiger partial charge in [0.2, 0.25) is 5.91 Å². The van der Waals surface area contributed by atoms with Crippen LogP contribution in [0.1, 0.15) is 45.3 Å². The van der Waals surface area contributed by atoms with Gasteiger partial charge in [-0.2, -0.15) is 0 Å². The van der Waals surface area contributed by atoms with E-state index in [0.717, 1.165) is 21.4 Å². The molecule has 5 nitrogen and oxygen atoms in total. The Morgan fingerprint density at radius 2 is 2.09 bits per heavy atom. The molecule has 0 spiro atoms. The molecule has 2 aromatic rings. The smallest absolute Gasteiger partial charge is 0.347 e. The Morgan fingerprint density at radius 1 is 1.39 bits per heavy atom. The Bertz CT molecular complexity index is 730. The minimum absolute atomic E-state index is 0.0852. The summed E-state index contributed by atoms with van der Waals surface area (Å²) in [6.07, 6.45) is 1.00. The number of benzene rings is 1. The first-order chi connectivity index (χ1) is 10.9. The average molecular weight is 397 g/mol. The van der Waals surface area contributed by atoms with Crippen LogP contribution in [-0.4, -0.2) is 22.0 Å². The number of carboxylic acids is 1. The van der Waals surface area contributed by atoms with Gasteiger partial charge >= 0.3 is 5.97 Å². The van der Waals surface area contributed by atoms with Crippen molar-refractivity contribution >= 4 is 39.1 Å². The van der Waals surface area contributed by atoms with Gasteiger partial charge in [0.15, 0.2) is 0 Å². The highest BCUT2D eigenvalue weighted by molar-refractivity contribution is 9.10. The summed E-state index contributed by atoms with van der Waals surface area (Å²) in [4.78, 5) is 27.6. The van der Waals surface area contributed by atoms with Gasteiger partial charge in [0.05, 0.1) is 11.7 Å². The van der Waals surface area contributed by atoms with E-state index in [0.29, 0.717) is 23.5 Å². The molecule has 1 aromatic carbocycles. The number of thiazole rings is 1. The molecule has 1 amide bonds. The number of aromatic carboxylic acids is 1. The molecule has 1 heterocycles. The molecule has 0 saturated heterocycles. The molecule has 2 rings (SSSR count). The lowest BCUT2D eigenvalue weighted by Gasteiger charge is -2.11. The van der Waals surface area contributed by atoms with Gasteiger partial charge in [-0.15, -0.1) is 11.3 Å². The second kappa shape index (κ2) is 7.70. The van der Waals surface area contributed by atoms with E-state index in [1.165, 1.54) is 0 Å². The first-order valence-electron chi connectivity index (χ1n) is 7.12. The van der Waals surface area contributed by atoms with E-state index in [2.05, 4.69) is 26.2 Å². The van der Waals surface area contributed by atoms with E-state index < -0.39 is 5.97 Å². The molecule has 0 radical (unpaired) electrons. The van der Waals surface area contributed by atoms with Crippen molar-refractivity contribution in [2.75, 3.05) is 0 Å². The lowest BCUT2D eigenvalue weighted by Crippen LogP contribution is -2.26. The molecule has 1 unspecified atom stereocenters. The number of nitrogens with one attached hydrogen (secondary N) is 1. The fourth-order valence-corrected chi connectivity index (χ4v) is 3.52. The largest absolute Gasteiger partial charge is 0.477 e. The molecule has 23 heavy (non-hydrogen) atoms. The fraction of sp³-hybridized carbons (Fsp3) is 0.312. The maximum absolute atomic E-state index is 12.1. The molecule has 0 bridgehead atoms. The fourth-order valence-electron chi connectivity index (χ4n) is 2.13. The Hall–Kier alpha value is -1.73. The number of carboxylic acid groups (broad SMARTS) is 1. The van der Waals surface area contributed by atoms with Crippen LogP contribution in [0.3, 0.4) is 0 Å². The molecule has 0 aliphatic heterocycles. The normalized spacial score (nSPS) is 12.0. The molecule has 2 N–H and O–H groups in total. The topological polar surface area (TPSA) is 79.3 Å². The molecule has 1 aromatic heterocycles. The van der Waals surface area contributed by atoms with E-state index >= 15 is 0 Å². The summed E-state index contributed by atoms with van der Waals surface area (Å²) < 4.78 is 0.988. The van der Waals surface area contributed by atoms with Crippen LogP contribution in [0.15, 0.2) is 28.7 Å². The second-order valence-electron chi connectivity index (χ2n) is 5.15. The lowest BCUT2D eigenvalue weighted by molar-refractivity contribution is -0.121. The van der Waals surface area contributed by atoms with E-state index in [-0.39, 0.29) is 16.8 Å². The maximum atomic E-state index is 12.1. The summed E-state index contributed by atoms with van der Waals surface area (Å²) in [5, 5.41) is 12.5. The van der Waals surface area contributed by atoms with Crippen molar-refractivity contribution < 1.29 is 14.7 Å². The SMILES string of the molecule is Cc1nc(C(C)NC(=O)CCc2ccccc2Br)sc1C(=O)O. The van der Waals surface area contributed by atoms with Crippen LogP contribution in [0.2, 0.25) is 0 Å². The first-order valence-corrected chi connectivity index (χ1v) is 8.72. The van der Waals surface area contributed by atoms with E-state index in [1.807, 2.05) is 24.3 Å². The number of halogens is 1. The number of carbonyl (C=O) groups is 2. The highest BCUT2D eigenvalue weighted by Gasteiger charge is 2.19. The Morgan fingerprint density at radius 3 is 2.70 bits per heavy atom. The number of carbonyl (C=O) groups excluding carboxylic acids is 1. The highest BCUT2D eigenvalue weighted by atomic mass is 79.9. The third kappa shape index (κ3) is 4.62. The predicted octanol–water partition coefficient (Wildman–Crippen LogP) is 3.72. The van der Waals surface area contributed by atoms with Gasteiger partial charge in [-0.1, -0.05) is 34.1 Å². The molecular weight excluding hydrogens is 380 g/mol. The van der Waals surface area contributed by atoms with Crippen LogP contribution in [0, 0.1) is 6.92 Å². The number of hydrogen-bond acceptors (Lipinski definition) is 4. The minimum Gasteiger partial charge on any atom is -0.477 e. The van der Waals surface area contributed by atoms with Gasteiger partial charge in [0.25, 0.3) is 0 Å². The van der Waals surface area contributed by atoms with Gasteiger partial charge in [0.1, 0.15) is 9.88 Å². The van der Waals surface area contributed by atoms with Crippen LogP contribution in [0.4, 0.5) is 0 Å². The third-order valence-corrected chi connectivity index (χ3v) is 5.44. The number of aromatic nitrogens is 1. The van der Waals surface area contributed by atoms with Crippen molar-refractivity contribution in [3.05, 3.63) is 49.9 Å².